The zero-order chi connectivity index (χ0) is 18.4. The van der Waals surface area contributed by atoms with Crippen LogP contribution in [-0.4, -0.2) is 9.13 Å². The van der Waals surface area contributed by atoms with E-state index in [1.165, 1.54) is 0 Å². The summed E-state index contributed by atoms with van der Waals surface area (Å²) in [5.41, 5.74) is 8.15. The van der Waals surface area contributed by atoms with Gasteiger partial charge in [-0.05, 0) is 12.8 Å². The molecule has 0 aliphatic heterocycles. The van der Waals surface area contributed by atoms with Crippen LogP contribution in [0, 0.1) is 0 Å². The minimum absolute atomic E-state index is 0.0891. The van der Waals surface area contributed by atoms with Crippen LogP contribution in [0.4, 0.5) is 11.5 Å². The van der Waals surface area contributed by atoms with Crippen molar-refractivity contribution in [1.82, 2.24) is 9.13 Å². The van der Waals surface area contributed by atoms with Gasteiger partial charge < -0.3 is 11.5 Å². The fraction of sp³-hybridized carbons (Fsp3) is 0.600. The predicted molar refractivity (Wildman–Crippen MR) is 64.4 cm³/mol. The zero-order valence-electron chi connectivity index (χ0n) is 15.8. The molecule has 0 saturated carbocycles. The summed E-state index contributed by atoms with van der Waals surface area (Å²) in [6.07, 6.45) is -3.12. The first-order chi connectivity index (χ1) is 10.2. The fourth-order valence-electron chi connectivity index (χ4n) is 1.27. The Morgan fingerprint density at radius 1 is 1.38 bits per heavy atom. The van der Waals surface area contributed by atoms with E-state index in [2.05, 4.69) is 0 Å². The van der Waals surface area contributed by atoms with Gasteiger partial charge in [0.2, 0.25) is 0 Å². The highest BCUT2D eigenvalue weighted by Gasteiger charge is 2.13. The van der Waals surface area contributed by atoms with Crippen molar-refractivity contribution >= 4 is 11.5 Å². The molecule has 6 heteroatoms. The van der Waals surface area contributed by atoms with E-state index >= 15 is 0 Å². The van der Waals surface area contributed by atoms with E-state index in [0.717, 1.165) is 0 Å². The quantitative estimate of drug-likeness (QED) is 0.764. The number of hydrogen-bond acceptors (Lipinski definition) is 4. The second-order valence-corrected chi connectivity index (χ2v) is 3.11. The Kier molecular flexibility index (Phi) is 1.69. The van der Waals surface area contributed by atoms with Crippen molar-refractivity contribution in [2.45, 2.75) is 39.6 Å². The fourth-order valence-corrected chi connectivity index (χ4v) is 1.27. The molecule has 0 aliphatic carbocycles. The number of nitrogens with two attached hydrogens (primary N) is 2. The molecule has 0 unspecified atom stereocenters. The summed E-state index contributed by atoms with van der Waals surface area (Å²) in [4.78, 5) is 24.3. The third kappa shape index (κ3) is 1.95. The van der Waals surface area contributed by atoms with Crippen LogP contribution in [0.25, 0.3) is 0 Å². The van der Waals surface area contributed by atoms with Crippen LogP contribution >= 0.6 is 0 Å². The molecule has 0 bridgehead atoms. The van der Waals surface area contributed by atoms with Gasteiger partial charge in [0.15, 0.2) is 0 Å². The van der Waals surface area contributed by atoms with Crippen molar-refractivity contribution in [2.24, 2.45) is 0 Å². The highest BCUT2D eigenvalue weighted by Crippen LogP contribution is 2.06. The summed E-state index contributed by atoms with van der Waals surface area (Å²) in [6.45, 7) is -5.20. The van der Waals surface area contributed by atoms with E-state index in [-0.39, 0.29) is 11.1 Å². The first-order valence-electron chi connectivity index (χ1n) is 8.13. The minimum Gasteiger partial charge on any atom is -0.391 e. The Bertz CT molecular complexity index is 720. The average Bonchev–Trinajstić information content (AvgIpc) is 2.39. The lowest BCUT2D eigenvalue weighted by Crippen LogP contribution is -2.42. The SMILES string of the molecule is [2H]C([2H])([2H])C([2H])([2H])C([2H])([2H])n1c(N)c(N)c(=O)n(CCC)c1=O. The highest BCUT2D eigenvalue weighted by atomic mass is 16.2. The number of hydrogen-bond donors (Lipinski definition) is 2. The third-order valence-corrected chi connectivity index (χ3v) is 2.03. The smallest absolute Gasteiger partial charge is 0.332 e. The van der Waals surface area contributed by atoms with Crippen molar-refractivity contribution in [3.8, 4) is 0 Å². The van der Waals surface area contributed by atoms with Crippen molar-refractivity contribution in [1.29, 1.82) is 0 Å². The molecule has 1 aromatic heterocycles. The molecule has 1 rings (SSSR count). The van der Waals surface area contributed by atoms with E-state index < -0.39 is 42.5 Å². The maximum Gasteiger partial charge on any atom is 0.332 e. The molecule has 4 N–H and O–H groups in total. The Balaban J connectivity index is 3.87. The van der Waals surface area contributed by atoms with Crippen molar-refractivity contribution < 1.29 is 9.60 Å². The van der Waals surface area contributed by atoms with Gasteiger partial charge in [0.1, 0.15) is 11.5 Å². The lowest BCUT2D eigenvalue weighted by Gasteiger charge is -2.13. The Morgan fingerprint density at radius 3 is 2.62 bits per heavy atom. The Hall–Kier alpha value is -1.72. The van der Waals surface area contributed by atoms with Gasteiger partial charge in [-0.2, -0.15) is 0 Å². The number of rotatable bonds is 4. The molecule has 0 atom stereocenters. The summed E-state index contributed by atoms with van der Waals surface area (Å²) in [6, 6.07) is 0. The monoisotopic (exact) mass is 233 g/mol. The van der Waals surface area contributed by atoms with Gasteiger partial charge in [-0.15, -0.1) is 0 Å². The molecule has 0 saturated heterocycles. The van der Waals surface area contributed by atoms with Crippen LogP contribution in [0.5, 0.6) is 0 Å². The van der Waals surface area contributed by atoms with E-state index in [4.69, 9.17) is 21.1 Å². The normalized spacial score (nSPS) is 19.7. The third-order valence-electron chi connectivity index (χ3n) is 2.03. The maximum absolute atomic E-state index is 12.4. The Labute approximate surface area is 103 Å². The van der Waals surface area contributed by atoms with Crippen LogP contribution in [-0.2, 0) is 13.0 Å². The number of aromatic nitrogens is 2. The predicted octanol–water partition coefficient (Wildman–Crippen LogP) is -0.00560. The summed E-state index contributed by atoms with van der Waals surface area (Å²) in [5, 5.41) is 0. The molecule has 0 aromatic carbocycles. The minimum atomic E-state index is -3.46. The first-order valence-corrected chi connectivity index (χ1v) is 4.63. The van der Waals surface area contributed by atoms with Crippen LogP contribution in [0.15, 0.2) is 9.59 Å². The molecule has 1 heterocycles. The molecule has 16 heavy (non-hydrogen) atoms. The first kappa shape index (κ1) is 5.56. The summed E-state index contributed by atoms with van der Waals surface area (Å²) in [5.74, 6) is -0.814. The second-order valence-electron chi connectivity index (χ2n) is 3.11. The number of anilines is 2. The summed E-state index contributed by atoms with van der Waals surface area (Å²) < 4.78 is 53.1. The topological polar surface area (TPSA) is 96.0 Å². The molecule has 0 fully saturated rings. The molecule has 6 nitrogen and oxygen atoms in total. The molecule has 0 radical (unpaired) electrons. The second kappa shape index (κ2) is 4.87. The van der Waals surface area contributed by atoms with Crippen molar-refractivity contribution in [3.05, 3.63) is 20.8 Å². The van der Waals surface area contributed by atoms with Gasteiger partial charge in [0, 0.05) is 22.6 Å². The highest BCUT2D eigenvalue weighted by molar-refractivity contribution is 5.56. The summed E-state index contributed by atoms with van der Waals surface area (Å²) >= 11 is 0. The van der Waals surface area contributed by atoms with Gasteiger partial charge in [-0.3, -0.25) is 13.9 Å². The molecule has 0 aliphatic rings. The molecular weight excluding hydrogens is 208 g/mol. The van der Waals surface area contributed by atoms with Crippen LogP contribution in [0.1, 0.15) is 36.2 Å². The van der Waals surface area contributed by atoms with Gasteiger partial charge in [0.05, 0.1) is 0 Å². The number of nitrogen functional groups attached to an aromatic ring is 2. The van der Waals surface area contributed by atoms with E-state index in [1.807, 2.05) is 0 Å². The zero-order valence-corrected chi connectivity index (χ0v) is 8.78. The van der Waals surface area contributed by atoms with Crippen LogP contribution in [0.2, 0.25) is 0 Å². The van der Waals surface area contributed by atoms with Crippen molar-refractivity contribution in [3.63, 3.8) is 0 Å². The van der Waals surface area contributed by atoms with Gasteiger partial charge in [-0.1, -0.05) is 13.8 Å². The van der Waals surface area contributed by atoms with E-state index in [1.54, 1.807) is 6.92 Å². The molecule has 1 aromatic rings. The molecule has 0 spiro atoms. The van der Waals surface area contributed by atoms with Gasteiger partial charge >= 0.3 is 5.69 Å². The average molecular weight is 233 g/mol. The largest absolute Gasteiger partial charge is 0.391 e. The molecule has 90 valence electrons. The van der Waals surface area contributed by atoms with Gasteiger partial charge in [0.25, 0.3) is 5.56 Å². The summed E-state index contributed by atoms with van der Waals surface area (Å²) in [7, 11) is 0. The lowest BCUT2D eigenvalue weighted by atomic mass is 10.4. The van der Waals surface area contributed by atoms with Crippen LogP contribution in [0.3, 0.4) is 0 Å². The Morgan fingerprint density at radius 2 is 2.06 bits per heavy atom. The van der Waals surface area contributed by atoms with E-state index in [9.17, 15) is 9.59 Å². The van der Waals surface area contributed by atoms with Gasteiger partial charge in [-0.25, -0.2) is 4.79 Å². The standard InChI is InChI=1S/C10H18N4O2/c1-3-5-13-8(12)7(11)9(15)14(6-4-2)10(13)16/h3-6,11-12H2,1-2H3/i1D3,3D2,5D2. The molecular formula is C10H18N4O2. The maximum atomic E-state index is 12.4. The van der Waals surface area contributed by atoms with E-state index in [0.29, 0.717) is 11.0 Å². The lowest BCUT2D eigenvalue weighted by molar-refractivity contribution is 0.548. The molecule has 0 amide bonds. The van der Waals surface area contributed by atoms with Crippen LogP contribution < -0.4 is 22.7 Å². The van der Waals surface area contributed by atoms with Crippen molar-refractivity contribution in [2.75, 3.05) is 11.5 Å². The number of nitrogens with zero attached hydrogens (tertiary/aromatic N) is 2.